The minimum Gasteiger partial charge on any atom is -0.298 e. The van der Waals surface area contributed by atoms with Gasteiger partial charge in [-0.05, 0) is 37.1 Å². The van der Waals surface area contributed by atoms with Crippen LogP contribution in [0.15, 0.2) is 36.7 Å². The van der Waals surface area contributed by atoms with Crippen molar-refractivity contribution in [1.29, 1.82) is 0 Å². The molecule has 2 aromatic heterocycles. The summed E-state index contributed by atoms with van der Waals surface area (Å²) in [6, 6.07) is 7.48. The molecule has 5 heteroatoms. The lowest BCUT2D eigenvalue weighted by atomic mass is 10.1. The second-order valence-corrected chi connectivity index (χ2v) is 5.59. The average Bonchev–Trinajstić information content (AvgIpc) is 2.89. The predicted molar refractivity (Wildman–Crippen MR) is 81.3 cm³/mol. The van der Waals surface area contributed by atoms with E-state index in [1.165, 1.54) is 16.9 Å². The molecule has 0 fully saturated rings. The summed E-state index contributed by atoms with van der Waals surface area (Å²) in [5.74, 6) is -0.165. The van der Waals surface area contributed by atoms with E-state index in [0.717, 1.165) is 15.8 Å². The number of hydrogen-bond acceptors (Lipinski definition) is 4. The first-order valence-corrected chi connectivity index (χ1v) is 7.05. The van der Waals surface area contributed by atoms with Crippen LogP contribution in [0.1, 0.15) is 21.5 Å². The molecule has 4 nitrogen and oxygen atoms in total. The number of fused-ring (bicyclic) bond motifs is 1. The Morgan fingerprint density at radius 3 is 2.50 bits per heavy atom. The Hall–Kier alpha value is -2.27. The fourth-order valence-electron chi connectivity index (χ4n) is 1.99. The van der Waals surface area contributed by atoms with Crippen molar-refractivity contribution in [3.05, 3.63) is 53.3 Å². The number of aromatic nitrogens is 2. The van der Waals surface area contributed by atoms with Crippen LogP contribution in [0.3, 0.4) is 0 Å². The number of carbonyl (C=O) groups excluding carboxylic acids is 1. The molecule has 0 aliphatic heterocycles. The fourth-order valence-corrected chi connectivity index (χ4v) is 2.99. The van der Waals surface area contributed by atoms with Gasteiger partial charge in [-0.2, -0.15) is 0 Å². The number of thiazole rings is 1. The Morgan fingerprint density at radius 2 is 1.80 bits per heavy atom. The Balaban J connectivity index is 1.94. The summed E-state index contributed by atoms with van der Waals surface area (Å²) in [5.41, 5.74) is 3.83. The molecule has 0 atom stereocenters. The van der Waals surface area contributed by atoms with E-state index < -0.39 is 0 Å². The Kier molecular flexibility index (Phi) is 3.20. The van der Waals surface area contributed by atoms with E-state index in [0.29, 0.717) is 10.7 Å². The number of amides is 1. The molecule has 1 N–H and O–H groups in total. The third-order valence-corrected chi connectivity index (χ3v) is 4.21. The highest BCUT2D eigenvalue weighted by Crippen LogP contribution is 2.30. The normalized spacial score (nSPS) is 10.7. The second kappa shape index (κ2) is 5.02. The lowest BCUT2D eigenvalue weighted by Gasteiger charge is -1.99. The highest BCUT2D eigenvalue weighted by Gasteiger charge is 2.12. The molecule has 100 valence electrons. The van der Waals surface area contributed by atoms with Gasteiger partial charge in [-0.25, -0.2) is 4.98 Å². The zero-order valence-corrected chi connectivity index (χ0v) is 12.0. The summed E-state index contributed by atoms with van der Waals surface area (Å²) in [6.45, 7) is 4.07. The first-order valence-electron chi connectivity index (χ1n) is 6.23. The van der Waals surface area contributed by atoms with Crippen LogP contribution in [0.4, 0.5) is 5.13 Å². The number of pyridine rings is 1. The van der Waals surface area contributed by atoms with Crippen molar-refractivity contribution in [2.24, 2.45) is 0 Å². The number of carbonyl (C=O) groups is 1. The maximum Gasteiger partial charge on any atom is 0.257 e. The highest BCUT2D eigenvalue weighted by atomic mass is 32.1. The maximum atomic E-state index is 12.1. The minimum atomic E-state index is -0.165. The van der Waals surface area contributed by atoms with Gasteiger partial charge in [-0.1, -0.05) is 23.5 Å². The van der Waals surface area contributed by atoms with Crippen molar-refractivity contribution >= 4 is 32.6 Å². The molecule has 1 amide bonds. The van der Waals surface area contributed by atoms with Crippen molar-refractivity contribution in [1.82, 2.24) is 9.97 Å². The van der Waals surface area contributed by atoms with Crippen LogP contribution in [-0.2, 0) is 0 Å². The third kappa shape index (κ3) is 2.28. The molecule has 3 rings (SSSR count). The van der Waals surface area contributed by atoms with E-state index in [1.807, 2.05) is 13.0 Å². The molecule has 0 aliphatic rings. The number of aryl methyl sites for hydroxylation is 2. The summed E-state index contributed by atoms with van der Waals surface area (Å²) in [7, 11) is 0. The zero-order chi connectivity index (χ0) is 14.1. The standard InChI is InChI=1S/C15H13N3OS/c1-9-3-4-10(2)13-12(9)17-15(20-13)18-14(19)11-5-7-16-8-6-11/h3-8H,1-2H3,(H,17,18,19). The van der Waals surface area contributed by atoms with Gasteiger partial charge in [0.1, 0.15) is 0 Å². The fraction of sp³-hybridized carbons (Fsp3) is 0.133. The second-order valence-electron chi connectivity index (χ2n) is 4.59. The molecule has 2 heterocycles. The quantitative estimate of drug-likeness (QED) is 0.782. The van der Waals surface area contributed by atoms with Crippen molar-refractivity contribution in [3.63, 3.8) is 0 Å². The first kappa shape index (κ1) is 12.7. The van der Waals surface area contributed by atoms with Gasteiger partial charge >= 0.3 is 0 Å². The molecule has 3 aromatic rings. The number of hydrogen-bond donors (Lipinski definition) is 1. The van der Waals surface area contributed by atoms with Crippen molar-refractivity contribution in [3.8, 4) is 0 Å². The van der Waals surface area contributed by atoms with Crippen LogP contribution in [-0.4, -0.2) is 15.9 Å². The van der Waals surface area contributed by atoms with Crippen molar-refractivity contribution in [2.75, 3.05) is 5.32 Å². The van der Waals surface area contributed by atoms with Crippen molar-refractivity contribution in [2.45, 2.75) is 13.8 Å². The number of anilines is 1. The van der Waals surface area contributed by atoms with E-state index in [2.05, 4.69) is 28.3 Å². The zero-order valence-electron chi connectivity index (χ0n) is 11.2. The molecule has 1 aromatic carbocycles. The third-order valence-electron chi connectivity index (χ3n) is 3.11. The summed E-state index contributed by atoms with van der Waals surface area (Å²) in [5, 5.41) is 3.47. The monoisotopic (exact) mass is 283 g/mol. The Morgan fingerprint density at radius 1 is 1.10 bits per heavy atom. The van der Waals surface area contributed by atoms with Crippen LogP contribution in [0.5, 0.6) is 0 Å². The molecule has 0 bridgehead atoms. The van der Waals surface area contributed by atoms with E-state index >= 15 is 0 Å². The smallest absolute Gasteiger partial charge is 0.257 e. The summed E-state index contributed by atoms with van der Waals surface area (Å²) < 4.78 is 1.12. The Labute approximate surface area is 120 Å². The van der Waals surface area contributed by atoms with Gasteiger partial charge < -0.3 is 0 Å². The van der Waals surface area contributed by atoms with Crippen LogP contribution in [0.25, 0.3) is 10.2 Å². The molecule has 0 aliphatic carbocycles. The predicted octanol–water partition coefficient (Wildman–Crippen LogP) is 3.56. The molecular weight excluding hydrogens is 270 g/mol. The van der Waals surface area contributed by atoms with Crippen LogP contribution in [0.2, 0.25) is 0 Å². The van der Waals surface area contributed by atoms with Gasteiger partial charge in [0.25, 0.3) is 5.91 Å². The first-order chi connectivity index (χ1) is 9.65. The van der Waals surface area contributed by atoms with E-state index in [1.54, 1.807) is 24.5 Å². The Bertz CT molecular complexity index is 741. The van der Waals surface area contributed by atoms with Crippen LogP contribution in [0, 0.1) is 13.8 Å². The van der Waals surface area contributed by atoms with E-state index in [4.69, 9.17) is 0 Å². The van der Waals surface area contributed by atoms with Crippen LogP contribution < -0.4 is 5.32 Å². The summed E-state index contributed by atoms with van der Waals surface area (Å²) in [4.78, 5) is 20.5. The number of nitrogens with one attached hydrogen (secondary N) is 1. The molecule has 0 spiro atoms. The molecule has 0 saturated carbocycles. The highest BCUT2D eigenvalue weighted by molar-refractivity contribution is 7.22. The number of rotatable bonds is 2. The average molecular weight is 283 g/mol. The maximum absolute atomic E-state index is 12.1. The van der Waals surface area contributed by atoms with Gasteiger partial charge in [0, 0.05) is 18.0 Å². The molecule has 0 saturated heterocycles. The SMILES string of the molecule is Cc1ccc(C)c2sc(NC(=O)c3ccncc3)nc12. The largest absolute Gasteiger partial charge is 0.298 e. The topological polar surface area (TPSA) is 54.9 Å². The van der Waals surface area contributed by atoms with Crippen LogP contribution >= 0.6 is 11.3 Å². The summed E-state index contributed by atoms with van der Waals surface area (Å²) >= 11 is 1.50. The lowest BCUT2D eigenvalue weighted by Crippen LogP contribution is -2.11. The van der Waals surface area contributed by atoms with Gasteiger partial charge in [0.15, 0.2) is 5.13 Å². The molecule has 0 unspecified atom stereocenters. The molecule has 20 heavy (non-hydrogen) atoms. The van der Waals surface area contributed by atoms with E-state index in [9.17, 15) is 4.79 Å². The lowest BCUT2D eigenvalue weighted by molar-refractivity contribution is 0.102. The molecular formula is C15H13N3OS. The van der Waals surface area contributed by atoms with Crippen molar-refractivity contribution < 1.29 is 4.79 Å². The number of nitrogens with zero attached hydrogens (tertiary/aromatic N) is 2. The van der Waals surface area contributed by atoms with Gasteiger partial charge in [-0.15, -0.1) is 0 Å². The molecule has 0 radical (unpaired) electrons. The van der Waals surface area contributed by atoms with Gasteiger partial charge in [0.05, 0.1) is 10.2 Å². The van der Waals surface area contributed by atoms with Gasteiger partial charge in [-0.3, -0.25) is 15.1 Å². The van der Waals surface area contributed by atoms with E-state index in [-0.39, 0.29) is 5.91 Å². The van der Waals surface area contributed by atoms with Gasteiger partial charge in [0.2, 0.25) is 0 Å². The summed E-state index contributed by atoms with van der Waals surface area (Å²) in [6.07, 6.45) is 3.20. The number of benzene rings is 1. The minimum absolute atomic E-state index is 0.165.